The maximum atomic E-state index is 13.1. The van der Waals surface area contributed by atoms with Gasteiger partial charge in [-0.15, -0.1) is 0 Å². The third kappa shape index (κ3) is 4.79. The summed E-state index contributed by atoms with van der Waals surface area (Å²) in [7, 11) is 0. The highest BCUT2D eigenvalue weighted by Gasteiger charge is 2.18. The molecule has 0 aliphatic carbocycles. The standard InChI is InChI=1S/C18H23FN4O2/c1-13(25-16-6-2-4-14(19)10-16)11-21-18(24)17-7-9-23(22-17)15-5-3-8-20-12-15/h2,4,6-7,9-10,13,15,20H,3,5,8,11-12H2,1H3,(H,21,24). The first kappa shape index (κ1) is 17.4. The van der Waals surface area contributed by atoms with Gasteiger partial charge in [0.05, 0.1) is 12.6 Å². The van der Waals surface area contributed by atoms with Crippen LogP contribution in [0.3, 0.4) is 0 Å². The van der Waals surface area contributed by atoms with Crippen LogP contribution in [0.2, 0.25) is 0 Å². The average Bonchev–Trinajstić information content (AvgIpc) is 3.11. The molecule has 0 radical (unpaired) electrons. The number of hydrogen-bond acceptors (Lipinski definition) is 4. The molecule has 2 atom stereocenters. The monoisotopic (exact) mass is 346 g/mol. The van der Waals surface area contributed by atoms with Gasteiger partial charge in [-0.2, -0.15) is 5.10 Å². The van der Waals surface area contributed by atoms with E-state index in [2.05, 4.69) is 15.7 Å². The van der Waals surface area contributed by atoms with Crippen LogP contribution < -0.4 is 15.4 Å². The molecular formula is C18H23FN4O2. The highest BCUT2D eigenvalue weighted by molar-refractivity contribution is 5.92. The molecule has 0 saturated carbocycles. The predicted octanol–water partition coefficient (Wildman–Crippen LogP) is 2.14. The number of hydrogen-bond donors (Lipinski definition) is 2. The Hall–Kier alpha value is -2.41. The van der Waals surface area contributed by atoms with Crippen LogP contribution in [-0.2, 0) is 0 Å². The van der Waals surface area contributed by atoms with Crippen molar-refractivity contribution in [3.8, 4) is 5.75 Å². The van der Waals surface area contributed by atoms with E-state index in [0.717, 1.165) is 25.9 Å². The molecule has 6 nitrogen and oxygen atoms in total. The van der Waals surface area contributed by atoms with Crippen molar-refractivity contribution in [2.24, 2.45) is 0 Å². The molecule has 0 spiro atoms. The van der Waals surface area contributed by atoms with Gasteiger partial charge >= 0.3 is 0 Å². The molecule has 0 bridgehead atoms. The number of nitrogens with one attached hydrogen (secondary N) is 2. The van der Waals surface area contributed by atoms with E-state index in [1.54, 1.807) is 18.2 Å². The SMILES string of the molecule is CC(CNC(=O)c1ccn(C2CCCNC2)n1)Oc1cccc(F)c1. The normalized spacial score (nSPS) is 18.6. The lowest BCUT2D eigenvalue weighted by Crippen LogP contribution is -2.34. The summed E-state index contributed by atoms with van der Waals surface area (Å²) in [5, 5.41) is 10.5. The second-order valence-corrected chi connectivity index (χ2v) is 6.28. The van der Waals surface area contributed by atoms with Crippen molar-refractivity contribution in [3.63, 3.8) is 0 Å². The van der Waals surface area contributed by atoms with E-state index in [0.29, 0.717) is 24.0 Å². The Morgan fingerprint density at radius 2 is 2.40 bits per heavy atom. The van der Waals surface area contributed by atoms with Crippen LogP contribution in [0, 0.1) is 5.82 Å². The number of piperidine rings is 1. The van der Waals surface area contributed by atoms with Gasteiger partial charge in [-0.05, 0) is 44.5 Å². The molecule has 1 aliphatic heterocycles. The summed E-state index contributed by atoms with van der Waals surface area (Å²) < 4.78 is 20.6. The summed E-state index contributed by atoms with van der Waals surface area (Å²) in [6.07, 6.45) is 3.74. The number of amides is 1. The highest BCUT2D eigenvalue weighted by atomic mass is 19.1. The van der Waals surface area contributed by atoms with Gasteiger partial charge in [-0.1, -0.05) is 6.07 Å². The second kappa shape index (κ2) is 8.11. The molecule has 1 aromatic heterocycles. The van der Waals surface area contributed by atoms with E-state index < -0.39 is 0 Å². The first-order chi connectivity index (χ1) is 12.1. The first-order valence-corrected chi connectivity index (χ1v) is 8.58. The zero-order valence-electron chi connectivity index (χ0n) is 14.2. The van der Waals surface area contributed by atoms with Gasteiger partial charge in [0.2, 0.25) is 0 Å². The minimum absolute atomic E-state index is 0.239. The molecule has 2 unspecified atom stereocenters. The molecule has 1 saturated heterocycles. The maximum Gasteiger partial charge on any atom is 0.271 e. The van der Waals surface area contributed by atoms with Crippen molar-refractivity contribution in [2.45, 2.75) is 31.9 Å². The maximum absolute atomic E-state index is 13.1. The highest BCUT2D eigenvalue weighted by Crippen LogP contribution is 2.16. The third-order valence-electron chi connectivity index (χ3n) is 4.17. The van der Waals surface area contributed by atoms with Crippen molar-refractivity contribution < 1.29 is 13.9 Å². The third-order valence-corrected chi connectivity index (χ3v) is 4.17. The van der Waals surface area contributed by atoms with Gasteiger partial charge in [0.1, 0.15) is 23.4 Å². The fourth-order valence-electron chi connectivity index (χ4n) is 2.86. The molecule has 25 heavy (non-hydrogen) atoms. The Morgan fingerprint density at radius 1 is 1.52 bits per heavy atom. The minimum Gasteiger partial charge on any atom is -0.489 e. The molecule has 2 N–H and O–H groups in total. The summed E-state index contributed by atoms with van der Waals surface area (Å²) >= 11 is 0. The van der Waals surface area contributed by atoms with E-state index in [1.165, 1.54) is 12.1 Å². The number of benzene rings is 1. The van der Waals surface area contributed by atoms with Crippen LogP contribution in [0.25, 0.3) is 0 Å². The quantitative estimate of drug-likeness (QED) is 0.841. The number of halogens is 1. The van der Waals surface area contributed by atoms with E-state index in [-0.39, 0.29) is 17.8 Å². The lowest BCUT2D eigenvalue weighted by atomic mass is 10.1. The molecule has 3 rings (SSSR count). The van der Waals surface area contributed by atoms with Gasteiger partial charge in [-0.3, -0.25) is 9.48 Å². The summed E-state index contributed by atoms with van der Waals surface area (Å²) in [6, 6.07) is 7.97. The van der Waals surface area contributed by atoms with Crippen molar-refractivity contribution in [1.29, 1.82) is 0 Å². The van der Waals surface area contributed by atoms with Crippen LogP contribution >= 0.6 is 0 Å². The van der Waals surface area contributed by atoms with E-state index in [9.17, 15) is 9.18 Å². The molecular weight excluding hydrogens is 323 g/mol. The lowest BCUT2D eigenvalue weighted by molar-refractivity contribution is 0.0925. The molecule has 2 heterocycles. The molecule has 7 heteroatoms. The number of aromatic nitrogens is 2. The van der Waals surface area contributed by atoms with Crippen molar-refractivity contribution in [3.05, 3.63) is 48.0 Å². The Labute approximate surface area is 146 Å². The topological polar surface area (TPSA) is 68.2 Å². The largest absolute Gasteiger partial charge is 0.489 e. The Bertz CT molecular complexity index is 713. The van der Waals surface area contributed by atoms with E-state index in [4.69, 9.17) is 4.74 Å². The molecule has 1 aromatic carbocycles. The summed E-state index contributed by atoms with van der Waals surface area (Å²) in [6.45, 7) is 4.04. The van der Waals surface area contributed by atoms with E-state index in [1.807, 2.05) is 17.8 Å². The van der Waals surface area contributed by atoms with E-state index >= 15 is 0 Å². The van der Waals surface area contributed by atoms with Crippen LogP contribution in [-0.4, -0.2) is 41.4 Å². The first-order valence-electron chi connectivity index (χ1n) is 8.58. The van der Waals surface area contributed by atoms with Crippen molar-refractivity contribution in [1.82, 2.24) is 20.4 Å². The van der Waals surface area contributed by atoms with Crippen LogP contribution in [0.5, 0.6) is 5.75 Å². The molecule has 2 aromatic rings. The summed E-state index contributed by atoms with van der Waals surface area (Å²) in [4.78, 5) is 12.2. The minimum atomic E-state index is -0.350. The zero-order chi connectivity index (χ0) is 17.6. The number of nitrogens with zero attached hydrogens (tertiary/aromatic N) is 2. The number of ether oxygens (including phenoxy) is 1. The van der Waals surface area contributed by atoms with Crippen molar-refractivity contribution in [2.75, 3.05) is 19.6 Å². The average molecular weight is 346 g/mol. The molecule has 1 fully saturated rings. The fourth-order valence-corrected chi connectivity index (χ4v) is 2.86. The van der Waals surface area contributed by atoms with Crippen LogP contribution in [0.4, 0.5) is 4.39 Å². The van der Waals surface area contributed by atoms with Gasteiger partial charge in [0.25, 0.3) is 5.91 Å². The van der Waals surface area contributed by atoms with Gasteiger partial charge in [-0.25, -0.2) is 4.39 Å². The zero-order valence-corrected chi connectivity index (χ0v) is 14.2. The summed E-state index contributed by atoms with van der Waals surface area (Å²) in [5.41, 5.74) is 0.392. The number of carbonyl (C=O) groups excluding carboxylic acids is 1. The second-order valence-electron chi connectivity index (χ2n) is 6.28. The van der Waals surface area contributed by atoms with Crippen molar-refractivity contribution >= 4 is 5.91 Å². The Kier molecular flexibility index (Phi) is 5.65. The lowest BCUT2D eigenvalue weighted by Gasteiger charge is -2.22. The number of rotatable bonds is 6. The summed E-state index contributed by atoms with van der Waals surface area (Å²) in [5.74, 6) is -0.149. The van der Waals surface area contributed by atoms with Gasteiger partial charge in [0, 0.05) is 18.8 Å². The Balaban J connectivity index is 1.49. The van der Waals surface area contributed by atoms with Gasteiger partial charge < -0.3 is 15.4 Å². The Morgan fingerprint density at radius 3 is 3.16 bits per heavy atom. The van der Waals surface area contributed by atoms with Crippen LogP contribution in [0.1, 0.15) is 36.3 Å². The molecule has 1 amide bonds. The van der Waals surface area contributed by atoms with Crippen LogP contribution in [0.15, 0.2) is 36.5 Å². The number of carbonyl (C=O) groups is 1. The fraction of sp³-hybridized carbons (Fsp3) is 0.444. The predicted molar refractivity (Wildman–Crippen MR) is 92.2 cm³/mol. The molecule has 1 aliphatic rings. The van der Waals surface area contributed by atoms with Gasteiger partial charge in [0.15, 0.2) is 0 Å². The smallest absolute Gasteiger partial charge is 0.271 e. The molecule has 134 valence electrons.